The zero-order chi connectivity index (χ0) is 15.5. The van der Waals surface area contributed by atoms with Gasteiger partial charge < -0.3 is 0 Å². The van der Waals surface area contributed by atoms with E-state index in [4.69, 9.17) is 4.98 Å². The fourth-order valence-electron chi connectivity index (χ4n) is 2.53. The van der Waals surface area contributed by atoms with Crippen LogP contribution in [-0.2, 0) is 0 Å². The number of pyridine rings is 2. The number of aromatic nitrogens is 4. The summed E-state index contributed by atoms with van der Waals surface area (Å²) in [6.07, 6.45) is 9.38. The summed E-state index contributed by atoms with van der Waals surface area (Å²) in [7, 11) is 0. The van der Waals surface area contributed by atoms with Crippen molar-refractivity contribution >= 4 is 23.2 Å². The van der Waals surface area contributed by atoms with Gasteiger partial charge in [-0.3, -0.25) is 9.55 Å². The van der Waals surface area contributed by atoms with Crippen molar-refractivity contribution in [3.63, 3.8) is 0 Å². The molecule has 0 radical (unpaired) electrons. The molecule has 0 bridgehead atoms. The molecule has 0 amide bonds. The molecule has 0 spiro atoms. The predicted octanol–water partition coefficient (Wildman–Crippen LogP) is 3.99. The summed E-state index contributed by atoms with van der Waals surface area (Å²) in [5.41, 5.74) is 3.08. The fourth-order valence-corrected chi connectivity index (χ4v) is 2.53. The van der Waals surface area contributed by atoms with Crippen LogP contribution in [0, 0.1) is 0 Å². The van der Waals surface area contributed by atoms with Crippen LogP contribution in [-0.4, -0.2) is 19.5 Å². The summed E-state index contributed by atoms with van der Waals surface area (Å²) in [6, 6.07) is 17.9. The molecule has 0 saturated carbocycles. The zero-order valence-electron chi connectivity index (χ0n) is 12.4. The van der Waals surface area contributed by atoms with Gasteiger partial charge in [0.05, 0.1) is 11.0 Å². The summed E-state index contributed by atoms with van der Waals surface area (Å²) < 4.78 is 2.06. The number of benzene rings is 1. The second-order valence-electron chi connectivity index (χ2n) is 5.10. The summed E-state index contributed by atoms with van der Waals surface area (Å²) in [4.78, 5) is 13.2. The molecule has 0 saturated heterocycles. The molecular weight excluding hydrogens is 284 g/mol. The van der Waals surface area contributed by atoms with Gasteiger partial charge in [0.1, 0.15) is 11.6 Å². The molecule has 0 aliphatic carbocycles. The van der Waals surface area contributed by atoms with Crippen molar-refractivity contribution in [3.8, 4) is 5.82 Å². The van der Waals surface area contributed by atoms with Crippen molar-refractivity contribution in [3.05, 3.63) is 84.6 Å². The van der Waals surface area contributed by atoms with Crippen molar-refractivity contribution in [2.24, 2.45) is 0 Å². The predicted molar refractivity (Wildman–Crippen MR) is 92.0 cm³/mol. The Balaban J connectivity index is 1.88. The van der Waals surface area contributed by atoms with Gasteiger partial charge in [0, 0.05) is 18.6 Å². The Bertz CT molecular complexity index is 957. The van der Waals surface area contributed by atoms with E-state index in [1.807, 2.05) is 60.7 Å². The second kappa shape index (κ2) is 5.85. The van der Waals surface area contributed by atoms with Crippen molar-refractivity contribution < 1.29 is 0 Å². The van der Waals surface area contributed by atoms with E-state index in [0.717, 1.165) is 28.2 Å². The number of nitrogens with zero attached hydrogens (tertiary/aromatic N) is 4. The molecule has 23 heavy (non-hydrogen) atoms. The molecule has 3 heterocycles. The maximum absolute atomic E-state index is 4.72. The van der Waals surface area contributed by atoms with Crippen molar-refractivity contribution in [2.45, 2.75) is 0 Å². The van der Waals surface area contributed by atoms with Gasteiger partial charge in [-0.1, -0.05) is 24.3 Å². The van der Waals surface area contributed by atoms with Gasteiger partial charge in [-0.05, 0) is 48.0 Å². The number of hydrogen-bond acceptors (Lipinski definition) is 3. The molecule has 0 atom stereocenters. The Hall–Kier alpha value is -3.27. The molecule has 0 aliphatic heterocycles. The van der Waals surface area contributed by atoms with Gasteiger partial charge in [-0.25, -0.2) is 9.97 Å². The highest BCUT2D eigenvalue weighted by Crippen LogP contribution is 2.21. The van der Waals surface area contributed by atoms with Crippen LogP contribution in [0.5, 0.6) is 0 Å². The lowest BCUT2D eigenvalue weighted by Crippen LogP contribution is -1.99. The first-order valence-corrected chi connectivity index (χ1v) is 7.39. The van der Waals surface area contributed by atoms with Gasteiger partial charge >= 0.3 is 0 Å². The third-order valence-corrected chi connectivity index (χ3v) is 3.60. The molecular formula is C19H14N4. The number of hydrogen-bond donors (Lipinski definition) is 0. The minimum atomic E-state index is 0.849. The van der Waals surface area contributed by atoms with Crippen molar-refractivity contribution in [1.29, 1.82) is 0 Å². The van der Waals surface area contributed by atoms with Crippen LogP contribution in [0.3, 0.4) is 0 Å². The van der Waals surface area contributed by atoms with E-state index in [2.05, 4.69) is 20.6 Å². The summed E-state index contributed by atoms with van der Waals surface area (Å²) in [5.74, 6) is 1.71. The molecule has 3 aromatic heterocycles. The summed E-state index contributed by atoms with van der Waals surface area (Å²) in [5, 5.41) is 0. The van der Waals surface area contributed by atoms with E-state index in [9.17, 15) is 0 Å². The minimum Gasteiger partial charge on any atom is -0.277 e. The molecule has 0 fully saturated rings. The molecule has 0 N–H and O–H groups in total. The fraction of sp³-hybridized carbons (Fsp3) is 0. The smallest absolute Gasteiger partial charge is 0.139 e. The van der Waals surface area contributed by atoms with Crippen LogP contribution in [0.4, 0.5) is 0 Å². The van der Waals surface area contributed by atoms with Gasteiger partial charge in [-0.15, -0.1) is 0 Å². The lowest BCUT2D eigenvalue weighted by molar-refractivity contribution is 1.01. The average Bonchev–Trinajstić information content (AvgIpc) is 3.00. The summed E-state index contributed by atoms with van der Waals surface area (Å²) >= 11 is 0. The number of para-hydroxylation sites is 2. The first-order valence-electron chi connectivity index (χ1n) is 7.39. The lowest BCUT2D eigenvalue weighted by Gasteiger charge is -2.05. The van der Waals surface area contributed by atoms with E-state index < -0.39 is 0 Å². The van der Waals surface area contributed by atoms with Crippen LogP contribution in [0.25, 0.3) is 29.0 Å². The highest BCUT2D eigenvalue weighted by atomic mass is 15.1. The minimum absolute atomic E-state index is 0.849. The second-order valence-corrected chi connectivity index (χ2v) is 5.10. The van der Waals surface area contributed by atoms with E-state index >= 15 is 0 Å². The number of rotatable bonds is 3. The normalized spacial score (nSPS) is 11.3. The Kier molecular flexibility index (Phi) is 3.41. The SMILES string of the molecule is C(=Cc1nc2ccccc2n1-c1ccccn1)c1ccncc1. The maximum atomic E-state index is 4.72. The Morgan fingerprint density at radius 3 is 2.43 bits per heavy atom. The molecule has 1 aromatic carbocycles. The Morgan fingerprint density at radius 2 is 1.61 bits per heavy atom. The molecule has 4 aromatic rings. The van der Waals surface area contributed by atoms with Crippen LogP contribution in [0.2, 0.25) is 0 Å². The monoisotopic (exact) mass is 298 g/mol. The Labute approximate surface area is 133 Å². The van der Waals surface area contributed by atoms with E-state index in [1.165, 1.54) is 0 Å². The van der Waals surface area contributed by atoms with Crippen LogP contribution in [0.15, 0.2) is 73.2 Å². The van der Waals surface area contributed by atoms with Gasteiger partial charge in [0.25, 0.3) is 0 Å². The van der Waals surface area contributed by atoms with E-state index in [-0.39, 0.29) is 0 Å². The standard InChI is InChI=1S/C19H14N4/c1-2-6-17-16(5-1)22-19(9-8-15-10-13-20-14-11-15)23(17)18-7-3-4-12-21-18/h1-14H. The third-order valence-electron chi connectivity index (χ3n) is 3.60. The van der Waals surface area contributed by atoms with Crippen molar-refractivity contribution in [2.75, 3.05) is 0 Å². The zero-order valence-corrected chi connectivity index (χ0v) is 12.4. The van der Waals surface area contributed by atoms with Crippen molar-refractivity contribution in [1.82, 2.24) is 19.5 Å². The van der Waals surface area contributed by atoms with Crippen LogP contribution < -0.4 is 0 Å². The molecule has 4 nitrogen and oxygen atoms in total. The molecule has 110 valence electrons. The third kappa shape index (κ3) is 2.62. The summed E-state index contributed by atoms with van der Waals surface area (Å²) in [6.45, 7) is 0. The molecule has 4 rings (SSSR count). The lowest BCUT2D eigenvalue weighted by atomic mass is 10.2. The first-order chi connectivity index (χ1) is 11.4. The maximum Gasteiger partial charge on any atom is 0.139 e. The van der Waals surface area contributed by atoms with Crippen LogP contribution >= 0.6 is 0 Å². The van der Waals surface area contributed by atoms with Gasteiger partial charge in [0.2, 0.25) is 0 Å². The number of fused-ring (bicyclic) bond motifs is 1. The van der Waals surface area contributed by atoms with E-state index in [0.29, 0.717) is 0 Å². The first kappa shape index (κ1) is 13.4. The highest BCUT2D eigenvalue weighted by Gasteiger charge is 2.10. The topological polar surface area (TPSA) is 43.6 Å². The Morgan fingerprint density at radius 1 is 0.783 bits per heavy atom. The molecule has 4 heteroatoms. The van der Waals surface area contributed by atoms with E-state index in [1.54, 1.807) is 18.6 Å². The number of imidazole rings is 1. The highest BCUT2D eigenvalue weighted by molar-refractivity contribution is 5.81. The van der Waals surface area contributed by atoms with Gasteiger partial charge in [-0.2, -0.15) is 0 Å². The largest absolute Gasteiger partial charge is 0.277 e. The quantitative estimate of drug-likeness (QED) is 0.574. The molecule has 0 unspecified atom stereocenters. The van der Waals surface area contributed by atoms with Crippen LogP contribution in [0.1, 0.15) is 11.4 Å². The van der Waals surface area contributed by atoms with Gasteiger partial charge in [0.15, 0.2) is 0 Å². The molecule has 0 aliphatic rings. The average molecular weight is 298 g/mol.